The molecule has 0 saturated heterocycles. The highest BCUT2D eigenvalue weighted by Crippen LogP contribution is 2.14. The van der Waals surface area contributed by atoms with Crippen LogP contribution in [0.5, 0.6) is 0 Å². The van der Waals surface area contributed by atoms with E-state index in [2.05, 4.69) is 37.9 Å². The summed E-state index contributed by atoms with van der Waals surface area (Å²) in [6.45, 7) is 9.08. The van der Waals surface area contributed by atoms with Crippen molar-refractivity contribution in [2.75, 3.05) is 13.2 Å². The first kappa shape index (κ1) is 17.3. The molecule has 21 heavy (non-hydrogen) atoms. The summed E-state index contributed by atoms with van der Waals surface area (Å²) >= 11 is 0. The lowest BCUT2D eigenvalue weighted by Crippen LogP contribution is -2.30. The number of rotatable bonds is 5. The van der Waals surface area contributed by atoms with Crippen LogP contribution in [0.2, 0.25) is 0 Å². The molecule has 114 valence electrons. The van der Waals surface area contributed by atoms with Crippen molar-refractivity contribution in [3.8, 4) is 11.8 Å². The molecule has 0 bridgehead atoms. The van der Waals surface area contributed by atoms with Crippen LogP contribution in [-0.4, -0.2) is 24.2 Å². The zero-order chi connectivity index (χ0) is 15.8. The summed E-state index contributed by atoms with van der Waals surface area (Å²) in [7, 11) is 0. The van der Waals surface area contributed by atoms with Crippen LogP contribution < -0.4 is 5.32 Å². The molecule has 1 aromatic carbocycles. The summed E-state index contributed by atoms with van der Waals surface area (Å²) in [5, 5.41) is 11.7. The van der Waals surface area contributed by atoms with Crippen LogP contribution >= 0.6 is 0 Å². The first-order chi connectivity index (χ1) is 9.97. The van der Waals surface area contributed by atoms with Gasteiger partial charge in [0, 0.05) is 24.1 Å². The van der Waals surface area contributed by atoms with Gasteiger partial charge in [-0.2, -0.15) is 0 Å². The Morgan fingerprint density at radius 1 is 1.33 bits per heavy atom. The summed E-state index contributed by atoms with van der Waals surface area (Å²) in [5.41, 5.74) is 2.40. The highest BCUT2D eigenvalue weighted by Gasteiger charge is 2.13. The minimum Gasteiger partial charge on any atom is -0.395 e. The topological polar surface area (TPSA) is 49.3 Å². The lowest BCUT2D eigenvalue weighted by atomic mass is 9.97. The van der Waals surface area contributed by atoms with Crippen molar-refractivity contribution in [1.82, 2.24) is 5.32 Å². The van der Waals surface area contributed by atoms with E-state index in [4.69, 9.17) is 5.11 Å². The zero-order valence-corrected chi connectivity index (χ0v) is 13.4. The number of amides is 1. The maximum absolute atomic E-state index is 12.3. The molecule has 0 heterocycles. The molecular weight excluding hydrogens is 262 g/mol. The molecule has 0 fully saturated rings. The molecule has 0 aliphatic rings. The van der Waals surface area contributed by atoms with Gasteiger partial charge in [-0.15, -0.1) is 0 Å². The van der Waals surface area contributed by atoms with Crippen LogP contribution in [0.4, 0.5) is 0 Å². The smallest absolute Gasteiger partial charge is 0.251 e. The van der Waals surface area contributed by atoms with E-state index >= 15 is 0 Å². The molecule has 1 rings (SSSR count). The van der Waals surface area contributed by atoms with Crippen LogP contribution in [-0.2, 0) is 0 Å². The average Bonchev–Trinajstić information content (AvgIpc) is 2.46. The SMILES string of the molecule is Cc1c(C#CCCO)cccc1C(=O)NCC(C)C(C)C. The third kappa shape index (κ3) is 5.24. The van der Waals surface area contributed by atoms with Crippen LogP contribution in [0.15, 0.2) is 18.2 Å². The molecule has 0 aliphatic heterocycles. The van der Waals surface area contributed by atoms with Gasteiger partial charge in [-0.1, -0.05) is 38.7 Å². The summed E-state index contributed by atoms with van der Waals surface area (Å²) < 4.78 is 0. The van der Waals surface area contributed by atoms with E-state index in [1.165, 1.54) is 0 Å². The summed E-state index contributed by atoms with van der Waals surface area (Å²) in [5.74, 6) is 6.83. The number of hydrogen-bond acceptors (Lipinski definition) is 2. The quantitative estimate of drug-likeness (QED) is 0.818. The number of carbonyl (C=O) groups is 1. The molecule has 2 N–H and O–H groups in total. The Hall–Kier alpha value is -1.79. The van der Waals surface area contributed by atoms with Gasteiger partial charge in [-0.3, -0.25) is 4.79 Å². The third-order valence-electron chi connectivity index (χ3n) is 3.76. The fraction of sp³-hybridized carbons (Fsp3) is 0.500. The number of benzene rings is 1. The Labute approximate surface area is 127 Å². The molecule has 0 saturated carbocycles. The molecule has 1 atom stereocenters. The zero-order valence-electron chi connectivity index (χ0n) is 13.4. The molecule has 0 spiro atoms. The third-order valence-corrected chi connectivity index (χ3v) is 3.76. The van der Waals surface area contributed by atoms with E-state index in [9.17, 15) is 4.79 Å². The normalized spacial score (nSPS) is 11.7. The molecule has 1 amide bonds. The van der Waals surface area contributed by atoms with E-state index in [0.717, 1.165) is 11.1 Å². The van der Waals surface area contributed by atoms with Crippen molar-refractivity contribution in [3.63, 3.8) is 0 Å². The number of aliphatic hydroxyl groups is 1. The summed E-state index contributed by atoms with van der Waals surface area (Å²) in [4.78, 5) is 12.3. The van der Waals surface area contributed by atoms with Gasteiger partial charge in [0.2, 0.25) is 0 Å². The van der Waals surface area contributed by atoms with Gasteiger partial charge in [0.25, 0.3) is 5.91 Å². The molecule has 1 aromatic rings. The van der Waals surface area contributed by atoms with E-state index in [1.807, 2.05) is 25.1 Å². The molecule has 1 unspecified atom stereocenters. The van der Waals surface area contributed by atoms with Gasteiger partial charge in [0.15, 0.2) is 0 Å². The van der Waals surface area contributed by atoms with Crippen molar-refractivity contribution in [2.24, 2.45) is 11.8 Å². The van der Waals surface area contributed by atoms with Gasteiger partial charge in [0.1, 0.15) is 0 Å². The molecule has 3 heteroatoms. The molecular formula is C18H25NO2. The maximum atomic E-state index is 12.3. The molecule has 0 radical (unpaired) electrons. The van der Waals surface area contributed by atoms with Crippen molar-refractivity contribution < 1.29 is 9.90 Å². The average molecular weight is 287 g/mol. The predicted octanol–water partition coefficient (Wildman–Crippen LogP) is 2.75. The summed E-state index contributed by atoms with van der Waals surface area (Å²) in [6.07, 6.45) is 0.446. The second kappa shape index (κ2) is 8.49. The van der Waals surface area contributed by atoms with Gasteiger partial charge >= 0.3 is 0 Å². The van der Waals surface area contributed by atoms with Crippen molar-refractivity contribution in [1.29, 1.82) is 0 Å². The van der Waals surface area contributed by atoms with Crippen LogP contribution in [0, 0.1) is 30.6 Å². The number of carbonyl (C=O) groups excluding carboxylic acids is 1. The fourth-order valence-electron chi connectivity index (χ4n) is 1.82. The number of aliphatic hydroxyl groups excluding tert-OH is 1. The van der Waals surface area contributed by atoms with Crippen molar-refractivity contribution in [3.05, 3.63) is 34.9 Å². The second-order valence-corrected chi connectivity index (χ2v) is 5.68. The largest absolute Gasteiger partial charge is 0.395 e. The predicted molar refractivity (Wildman–Crippen MR) is 86.1 cm³/mol. The lowest BCUT2D eigenvalue weighted by molar-refractivity contribution is 0.0944. The Morgan fingerprint density at radius 2 is 2.05 bits per heavy atom. The van der Waals surface area contributed by atoms with E-state index in [1.54, 1.807) is 0 Å². The first-order valence-corrected chi connectivity index (χ1v) is 7.45. The number of nitrogens with one attached hydrogen (secondary N) is 1. The standard InChI is InChI=1S/C18H25NO2/c1-13(2)14(3)12-19-18(21)17-10-7-9-16(15(17)4)8-5-6-11-20/h7,9-10,13-14,20H,6,11-12H2,1-4H3,(H,19,21). The van der Waals surface area contributed by atoms with Gasteiger partial charge < -0.3 is 10.4 Å². The second-order valence-electron chi connectivity index (χ2n) is 5.68. The van der Waals surface area contributed by atoms with E-state index in [-0.39, 0.29) is 12.5 Å². The van der Waals surface area contributed by atoms with Gasteiger partial charge in [-0.05, 0) is 36.5 Å². The van der Waals surface area contributed by atoms with Crippen LogP contribution in [0.1, 0.15) is 48.7 Å². The maximum Gasteiger partial charge on any atom is 0.251 e. The van der Waals surface area contributed by atoms with Gasteiger partial charge in [-0.25, -0.2) is 0 Å². The van der Waals surface area contributed by atoms with E-state index in [0.29, 0.717) is 30.4 Å². The van der Waals surface area contributed by atoms with E-state index < -0.39 is 0 Å². The van der Waals surface area contributed by atoms with Crippen molar-refractivity contribution >= 4 is 5.91 Å². The highest BCUT2D eigenvalue weighted by atomic mass is 16.2. The molecule has 3 nitrogen and oxygen atoms in total. The lowest BCUT2D eigenvalue weighted by Gasteiger charge is -2.16. The first-order valence-electron chi connectivity index (χ1n) is 7.45. The minimum absolute atomic E-state index is 0.0502. The Kier molecular flexibility index (Phi) is 6.98. The Balaban J connectivity index is 2.82. The Morgan fingerprint density at radius 3 is 2.67 bits per heavy atom. The number of hydrogen-bond donors (Lipinski definition) is 2. The van der Waals surface area contributed by atoms with Crippen molar-refractivity contribution in [2.45, 2.75) is 34.1 Å². The summed E-state index contributed by atoms with van der Waals surface area (Å²) in [6, 6.07) is 5.56. The molecule has 0 aliphatic carbocycles. The molecule has 0 aromatic heterocycles. The minimum atomic E-state index is -0.0502. The Bertz CT molecular complexity index is 538. The highest BCUT2D eigenvalue weighted by molar-refractivity contribution is 5.96. The van der Waals surface area contributed by atoms with Gasteiger partial charge in [0.05, 0.1) is 6.61 Å². The monoisotopic (exact) mass is 287 g/mol. The van der Waals surface area contributed by atoms with Crippen LogP contribution in [0.3, 0.4) is 0 Å². The fourth-order valence-corrected chi connectivity index (χ4v) is 1.82. The van der Waals surface area contributed by atoms with Crippen LogP contribution in [0.25, 0.3) is 0 Å².